The van der Waals surface area contributed by atoms with Gasteiger partial charge in [-0.3, -0.25) is 5.26 Å². The first-order valence-electron chi connectivity index (χ1n) is 6.05. The van der Waals surface area contributed by atoms with Crippen molar-refractivity contribution in [2.75, 3.05) is 6.61 Å². The Kier molecular flexibility index (Phi) is 7.13. The van der Waals surface area contributed by atoms with Gasteiger partial charge in [0.05, 0.1) is 6.10 Å². The lowest BCUT2D eigenvalue weighted by molar-refractivity contribution is -0.306. The van der Waals surface area contributed by atoms with Gasteiger partial charge in [-0.2, -0.15) is 0 Å². The second kappa shape index (κ2) is 7.51. The van der Waals surface area contributed by atoms with Crippen LogP contribution in [0.25, 0.3) is 0 Å². The summed E-state index contributed by atoms with van der Waals surface area (Å²) in [4.78, 5) is 15.6. The summed E-state index contributed by atoms with van der Waals surface area (Å²) in [5, 5.41) is 18.6. The number of rotatable bonds is 8. The summed E-state index contributed by atoms with van der Waals surface area (Å²) in [7, 11) is 0. The molecule has 0 rings (SSSR count). The third-order valence-corrected chi connectivity index (χ3v) is 3.15. The fraction of sp³-hybridized carbons (Fsp3) is 0.769. The minimum absolute atomic E-state index is 0.134. The van der Waals surface area contributed by atoms with E-state index in [2.05, 4.69) is 11.5 Å². The molecule has 0 spiro atoms. The number of aliphatic hydroxyl groups excluding tert-OH is 1. The fourth-order valence-corrected chi connectivity index (χ4v) is 1.34. The largest absolute Gasteiger partial charge is 0.460 e. The van der Waals surface area contributed by atoms with E-state index in [9.17, 15) is 9.90 Å². The van der Waals surface area contributed by atoms with Crippen molar-refractivity contribution >= 4 is 5.97 Å². The topological polar surface area (TPSA) is 76.0 Å². The van der Waals surface area contributed by atoms with Gasteiger partial charge < -0.3 is 9.84 Å². The normalized spacial score (nSPS) is 15.0. The van der Waals surface area contributed by atoms with E-state index in [0.717, 1.165) is 6.42 Å². The molecule has 0 fully saturated rings. The van der Waals surface area contributed by atoms with Crippen LogP contribution in [0.2, 0.25) is 0 Å². The molecule has 18 heavy (non-hydrogen) atoms. The molecule has 5 heteroatoms. The summed E-state index contributed by atoms with van der Waals surface area (Å²) >= 11 is 0. The van der Waals surface area contributed by atoms with Gasteiger partial charge >= 0.3 is 5.97 Å². The minimum atomic E-state index is -0.878. The quantitative estimate of drug-likeness (QED) is 0.303. The average molecular weight is 260 g/mol. The molecule has 0 amide bonds. The minimum Gasteiger partial charge on any atom is -0.460 e. The molecule has 2 N–H and O–H groups in total. The monoisotopic (exact) mass is 260 g/mol. The highest BCUT2D eigenvalue weighted by atomic mass is 17.1. The van der Waals surface area contributed by atoms with Crippen LogP contribution in [-0.4, -0.2) is 35.1 Å². The maximum absolute atomic E-state index is 11.1. The van der Waals surface area contributed by atoms with Crippen molar-refractivity contribution in [1.82, 2.24) is 0 Å². The van der Waals surface area contributed by atoms with Crippen LogP contribution in [0.15, 0.2) is 12.2 Å². The zero-order chi connectivity index (χ0) is 14.3. The SMILES string of the molecule is C=C(C)C(=O)OCC(O)CC(OO)C(C)(C)CC. The van der Waals surface area contributed by atoms with Crippen molar-refractivity contribution in [2.24, 2.45) is 5.41 Å². The molecule has 0 radical (unpaired) electrons. The molecule has 0 aliphatic heterocycles. The van der Waals surface area contributed by atoms with E-state index in [4.69, 9.17) is 9.99 Å². The van der Waals surface area contributed by atoms with Gasteiger partial charge in [0.2, 0.25) is 0 Å². The highest BCUT2D eigenvalue weighted by molar-refractivity contribution is 5.86. The van der Waals surface area contributed by atoms with Crippen LogP contribution >= 0.6 is 0 Å². The highest BCUT2D eigenvalue weighted by Crippen LogP contribution is 2.29. The first kappa shape index (κ1) is 17.1. The van der Waals surface area contributed by atoms with Gasteiger partial charge in [-0.25, -0.2) is 9.68 Å². The smallest absolute Gasteiger partial charge is 0.333 e. The van der Waals surface area contributed by atoms with Gasteiger partial charge in [-0.1, -0.05) is 27.4 Å². The number of esters is 1. The maximum Gasteiger partial charge on any atom is 0.333 e. The summed E-state index contributed by atoms with van der Waals surface area (Å²) < 4.78 is 4.83. The molecule has 0 aliphatic carbocycles. The molecule has 0 heterocycles. The van der Waals surface area contributed by atoms with Gasteiger partial charge in [-0.15, -0.1) is 0 Å². The van der Waals surface area contributed by atoms with E-state index in [0.29, 0.717) is 0 Å². The number of aliphatic hydroxyl groups is 1. The second-order valence-corrected chi connectivity index (χ2v) is 5.20. The zero-order valence-corrected chi connectivity index (χ0v) is 11.6. The predicted molar refractivity (Wildman–Crippen MR) is 68.0 cm³/mol. The second-order valence-electron chi connectivity index (χ2n) is 5.20. The van der Waals surface area contributed by atoms with E-state index >= 15 is 0 Å². The summed E-state index contributed by atoms with van der Waals surface area (Å²) in [6.45, 7) is 10.7. The van der Waals surface area contributed by atoms with Crippen LogP contribution in [-0.2, 0) is 14.4 Å². The van der Waals surface area contributed by atoms with Crippen molar-refractivity contribution < 1.29 is 24.8 Å². The molecule has 106 valence electrons. The average Bonchev–Trinajstić information content (AvgIpc) is 2.32. The fourth-order valence-electron chi connectivity index (χ4n) is 1.34. The van der Waals surface area contributed by atoms with Gasteiger partial charge in [0.25, 0.3) is 0 Å². The number of carbonyl (C=O) groups is 1. The maximum atomic E-state index is 11.1. The molecule has 2 unspecified atom stereocenters. The van der Waals surface area contributed by atoms with E-state index in [-0.39, 0.29) is 24.0 Å². The summed E-state index contributed by atoms with van der Waals surface area (Å²) in [6, 6.07) is 0. The van der Waals surface area contributed by atoms with Crippen LogP contribution in [0.4, 0.5) is 0 Å². The van der Waals surface area contributed by atoms with Crippen LogP contribution in [0.5, 0.6) is 0 Å². The molecule has 2 atom stereocenters. The third kappa shape index (κ3) is 5.62. The van der Waals surface area contributed by atoms with Crippen molar-refractivity contribution in [3.63, 3.8) is 0 Å². The van der Waals surface area contributed by atoms with E-state index in [1.165, 1.54) is 6.92 Å². The molecule has 0 saturated heterocycles. The molecule has 0 aromatic carbocycles. The Morgan fingerprint density at radius 2 is 2.00 bits per heavy atom. The standard InChI is InChI=1S/C13H24O5/c1-6-13(4,5)11(18-16)7-10(14)8-17-12(15)9(2)3/h10-11,14,16H,2,6-8H2,1,3-5H3. The van der Waals surface area contributed by atoms with E-state index in [1.54, 1.807) is 0 Å². The zero-order valence-electron chi connectivity index (χ0n) is 11.6. The Bertz CT molecular complexity index is 285. The first-order chi connectivity index (χ1) is 8.24. The summed E-state index contributed by atoms with van der Waals surface area (Å²) in [6.07, 6.45) is -0.408. The summed E-state index contributed by atoms with van der Waals surface area (Å²) in [5.74, 6) is -0.537. The van der Waals surface area contributed by atoms with Crippen molar-refractivity contribution in [3.05, 3.63) is 12.2 Å². The lowest BCUT2D eigenvalue weighted by Gasteiger charge is -2.31. The van der Waals surface area contributed by atoms with Gasteiger partial charge in [0, 0.05) is 12.0 Å². The number of carbonyl (C=O) groups excluding carboxylic acids is 1. The Morgan fingerprint density at radius 3 is 2.39 bits per heavy atom. The molecule has 0 aliphatic rings. The number of ether oxygens (including phenoxy) is 1. The van der Waals surface area contributed by atoms with Gasteiger partial charge in [-0.05, 0) is 18.8 Å². The lowest BCUT2D eigenvalue weighted by Crippen LogP contribution is -2.35. The van der Waals surface area contributed by atoms with E-state index in [1.807, 2.05) is 20.8 Å². The molecule has 5 nitrogen and oxygen atoms in total. The molecular weight excluding hydrogens is 236 g/mol. The summed E-state index contributed by atoms with van der Waals surface area (Å²) in [5.41, 5.74) is 0.0136. The van der Waals surface area contributed by atoms with Crippen LogP contribution in [0.3, 0.4) is 0 Å². The Balaban J connectivity index is 4.24. The van der Waals surface area contributed by atoms with Crippen LogP contribution in [0, 0.1) is 5.41 Å². The van der Waals surface area contributed by atoms with Gasteiger partial charge in [0.15, 0.2) is 0 Å². The molecule has 0 bridgehead atoms. The third-order valence-electron chi connectivity index (χ3n) is 3.15. The molecule has 0 saturated carbocycles. The van der Waals surface area contributed by atoms with Crippen molar-refractivity contribution in [3.8, 4) is 0 Å². The van der Waals surface area contributed by atoms with Crippen LogP contribution in [0.1, 0.15) is 40.5 Å². The van der Waals surface area contributed by atoms with E-state index < -0.39 is 18.2 Å². The number of hydrogen-bond donors (Lipinski definition) is 2. The lowest BCUT2D eigenvalue weighted by atomic mass is 9.81. The van der Waals surface area contributed by atoms with Crippen molar-refractivity contribution in [1.29, 1.82) is 0 Å². The Hall–Kier alpha value is -0.910. The molecule has 0 aromatic rings. The van der Waals surface area contributed by atoms with Crippen molar-refractivity contribution in [2.45, 2.75) is 52.7 Å². The Morgan fingerprint density at radius 1 is 1.44 bits per heavy atom. The number of hydrogen-bond acceptors (Lipinski definition) is 5. The van der Waals surface area contributed by atoms with Crippen LogP contribution < -0.4 is 0 Å². The molecule has 0 aromatic heterocycles. The Labute approximate surface area is 108 Å². The van der Waals surface area contributed by atoms with Gasteiger partial charge in [0.1, 0.15) is 12.7 Å². The first-order valence-corrected chi connectivity index (χ1v) is 6.05. The molecular formula is C13H24O5. The highest BCUT2D eigenvalue weighted by Gasteiger charge is 2.31. The predicted octanol–water partition coefficient (Wildman–Crippen LogP) is 2.15.